The van der Waals surface area contributed by atoms with Gasteiger partial charge in [0.15, 0.2) is 0 Å². The van der Waals surface area contributed by atoms with Gasteiger partial charge in [-0.15, -0.1) is 13.2 Å². The third-order valence-electron chi connectivity index (χ3n) is 1.40. The lowest BCUT2D eigenvalue weighted by Crippen LogP contribution is -2.19. The van der Waals surface area contributed by atoms with Gasteiger partial charge < -0.3 is 9.84 Å². The summed E-state index contributed by atoms with van der Waals surface area (Å²) in [6.07, 6.45) is -4.91. The maximum Gasteiger partial charge on any atom is 0.573 e. The van der Waals surface area contributed by atoms with Crippen molar-refractivity contribution >= 4 is 21.9 Å². The van der Waals surface area contributed by atoms with E-state index >= 15 is 0 Å². The minimum Gasteiger partial charge on any atom is -0.478 e. The highest BCUT2D eigenvalue weighted by Crippen LogP contribution is 2.29. The van der Waals surface area contributed by atoms with E-state index in [0.717, 1.165) is 12.1 Å². The first-order valence-corrected chi connectivity index (χ1v) is 4.37. The molecule has 0 saturated carbocycles. The smallest absolute Gasteiger partial charge is 0.478 e. The van der Waals surface area contributed by atoms with Crippen LogP contribution in [0.5, 0.6) is 5.75 Å². The molecule has 7 heteroatoms. The fourth-order valence-corrected chi connectivity index (χ4v) is 1.22. The molecule has 0 bridgehead atoms. The van der Waals surface area contributed by atoms with E-state index in [0.29, 0.717) is 4.47 Å². The third-order valence-corrected chi connectivity index (χ3v) is 1.89. The van der Waals surface area contributed by atoms with Crippen LogP contribution in [0.3, 0.4) is 0 Å². The molecule has 0 unspecified atom stereocenters. The average molecular weight is 285 g/mol. The Bertz CT molecular complexity index is 389. The summed E-state index contributed by atoms with van der Waals surface area (Å²) in [5.74, 6) is -2.23. The molecule has 0 aliphatic rings. The Morgan fingerprint density at radius 2 is 2.00 bits per heavy atom. The molecule has 0 radical (unpaired) electrons. The molecule has 0 spiro atoms. The van der Waals surface area contributed by atoms with E-state index < -0.39 is 23.6 Å². The largest absolute Gasteiger partial charge is 0.573 e. The number of aromatic carboxylic acids is 1. The second-order valence-corrected chi connectivity index (χ2v) is 3.41. The summed E-state index contributed by atoms with van der Waals surface area (Å²) in [6, 6.07) is 3.27. The monoisotopic (exact) mass is 284 g/mol. The van der Waals surface area contributed by atoms with Crippen LogP contribution < -0.4 is 4.74 Å². The quantitative estimate of drug-likeness (QED) is 0.908. The van der Waals surface area contributed by atoms with Crippen molar-refractivity contribution in [3.63, 3.8) is 0 Å². The van der Waals surface area contributed by atoms with E-state index in [-0.39, 0.29) is 0 Å². The van der Waals surface area contributed by atoms with Crippen molar-refractivity contribution in [3.05, 3.63) is 28.2 Å². The number of benzene rings is 1. The van der Waals surface area contributed by atoms with Gasteiger partial charge in [0.05, 0.1) is 0 Å². The SMILES string of the molecule is O=C(O)c1ccc(Br)cc1OC(F)(F)F. The van der Waals surface area contributed by atoms with E-state index in [1.807, 2.05) is 0 Å². The molecule has 1 aromatic rings. The highest BCUT2D eigenvalue weighted by atomic mass is 79.9. The van der Waals surface area contributed by atoms with Gasteiger partial charge in [0.1, 0.15) is 11.3 Å². The van der Waals surface area contributed by atoms with Crippen molar-refractivity contribution in [1.82, 2.24) is 0 Å². The number of hydrogen-bond donors (Lipinski definition) is 1. The molecule has 0 amide bonds. The standard InChI is InChI=1S/C8H4BrF3O3/c9-4-1-2-5(7(13)14)6(3-4)15-8(10,11)12/h1-3H,(H,13,14). The zero-order valence-corrected chi connectivity index (χ0v) is 8.59. The minimum absolute atomic E-state index is 0.298. The maximum absolute atomic E-state index is 11.9. The van der Waals surface area contributed by atoms with Crippen LogP contribution in [0.1, 0.15) is 10.4 Å². The molecule has 1 rings (SSSR count). The summed E-state index contributed by atoms with van der Waals surface area (Å²) >= 11 is 2.91. The Balaban J connectivity index is 3.13. The number of rotatable bonds is 2. The number of halogens is 4. The van der Waals surface area contributed by atoms with Gasteiger partial charge in [-0.3, -0.25) is 0 Å². The van der Waals surface area contributed by atoms with Crippen molar-refractivity contribution < 1.29 is 27.8 Å². The average Bonchev–Trinajstić information content (AvgIpc) is 1.99. The second-order valence-electron chi connectivity index (χ2n) is 2.49. The summed E-state index contributed by atoms with van der Waals surface area (Å²) in [5, 5.41) is 8.59. The van der Waals surface area contributed by atoms with Gasteiger partial charge in [0.25, 0.3) is 0 Å². The zero-order chi connectivity index (χ0) is 11.6. The van der Waals surface area contributed by atoms with Crippen LogP contribution in [0.25, 0.3) is 0 Å². The molecule has 0 saturated heterocycles. The molecule has 82 valence electrons. The summed E-state index contributed by atoms with van der Waals surface area (Å²) in [7, 11) is 0. The fraction of sp³-hybridized carbons (Fsp3) is 0.125. The maximum atomic E-state index is 11.9. The van der Waals surface area contributed by atoms with Crippen LogP contribution in [0.4, 0.5) is 13.2 Å². The first-order valence-electron chi connectivity index (χ1n) is 3.58. The van der Waals surface area contributed by atoms with Gasteiger partial charge in [-0.05, 0) is 18.2 Å². The minimum atomic E-state index is -4.91. The predicted molar refractivity (Wildman–Crippen MR) is 47.8 cm³/mol. The molecule has 1 aromatic carbocycles. The molecule has 0 fully saturated rings. The van der Waals surface area contributed by atoms with Gasteiger partial charge >= 0.3 is 12.3 Å². The van der Waals surface area contributed by atoms with Gasteiger partial charge in [-0.1, -0.05) is 15.9 Å². The Kier molecular flexibility index (Phi) is 3.23. The van der Waals surface area contributed by atoms with Gasteiger partial charge in [0.2, 0.25) is 0 Å². The molecular weight excluding hydrogens is 281 g/mol. The Morgan fingerprint density at radius 3 is 2.47 bits per heavy atom. The molecule has 1 N–H and O–H groups in total. The van der Waals surface area contributed by atoms with Gasteiger partial charge in [-0.25, -0.2) is 4.79 Å². The van der Waals surface area contributed by atoms with Crippen molar-refractivity contribution in [2.24, 2.45) is 0 Å². The van der Waals surface area contributed by atoms with E-state index in [4.69, 9.17) is 5.11 Å². The molecular formula is C8H4BrF3O3. The van der Waals surface area contributed by atoms with Crippen molar-refractivity contribution in [2.45, 2.75) is 6.36 Å². The lowest BCUT2D eigenvalue weighted by Gasteiger charge is -2.11. The van der Waals surface area contributed by atoms with E-state index in [1.54, 1.807) is 0 Å². The number of alkyl halides is 3. The lowest BCUT2D eigenvalue weighted by atomic mass is 10.2. The van der Waals surface area contributed by atoms with Crippen LogP contribution in [0.15, 0.2) is 22.7 Å². The summed E-state index contributed by atoms with van der Waals surface area (Å²) < 4.78 is 39.5. The van der Waals surface area contributed by atoms with E-state index in [2.05, 4.69) is 20.7 Å². The first-order chi connectivity index (χ1) is 6.79. The molecule has 0 aromatic heterocycles. The first kappa shape index (κ1) is 11.8. The topological polar surface area (TPSA) is 46.5 Å². The predicted octanol–water partition coefficient (Wildman–Crippen LogP) is 3.05. The summed E-state index contributed by atoms with van der Waals surface area (Å²) in [6.45, 7) is 0. The molecule has 3 nitrogen and oxygen atoms in total. The molecule has 0 heterocycles. The zero-order valence-electron chi connectivity index (χ0n) is 7.01. The van der Waals surface area contributed by atoms with Crippen molar-refractivity contribution in [2.75, 3.05) is 0 Å². The molecule has 0 aliphatic heterocycles. The van der Waals surface area contributed by atoms with Crippen molar-refractivity contribution in [1.29, 1.82) is 0 Å². The molecule has 0 aliphatic carbocycles. The number of carboxylic acids is 1. The summed E-state index contributed by atoms with van der Waals surface area (Å²) in [5.41, 5.74) is -0.546. The van der Waals surface area contributed by atoms with Gasteiger partial charge in [0, 0.05) is 4.47 Å². The van der Waals surface area contributed by atoms with Crippen LogP contribution in [0, 0.1) is 0 Å². The number of carboxylic acid groups (broad SMARTS) is 1. The van der Waals surface area contributed by atoms with Gasteiger partial charge in [-0.2, -0.15) is 0 Å². The highest BCUT2D eigenvalue weighted by molar-refractivity contribution is 9.10. The third kappa shape index (κ3) is 3.43. The van der Waals surface area contributed by atoms with Crippen LogP contribution in [-0.2, 0) is 0 Å². The number of hydrogen-bond acceptors (Lipinski definition) is 2. The Labute approximate surface area is 90.6 Å². The van der Waals surface area contributed by atoms with E-state index in [9.17, 15) is 18.0 Å². The Morgan fingerprint density at radius 1 is 1.40 bits per heavy atom. The normalized spacial score (nSPS) is 11.2. The highest BCUT2D eigenvalue weighted by Gasteiger charge is 2.33. The second kappa shape index (κ2) is 4.09. The number of ether oxygens (including phenoxy) is 1. The number of carbonyl (C=O) groups is 1. The lowest BCUT2D eigenvalue weighted by molar-refractivity contribution is -0.274. The van der Waals surface area contributed by atoms with Crippen LogP contribution >= 0.6 is 15.9 Å². The Hall–Kier alpha value is -1.24. The van der Waals surface area contributed by atoms with Crippen LogP contribution in [-0.4, -0.2) is 17.4 Å². The fourth-order valence-electron chi connectivity index (χ4n) is 0.882. The molecule has 15 heavy (non-hydrogen) atoms. The molecule has 0 atom stereocenters. The van der Waals surface area contributed by atoms with Crippen molar-refractivity contribution in [3.8, 4) is 5.75 Å². The van der Waals surface area contributed by atoms with Crippen LogP contribution in [0.2, 0.25) is 0 Å². The summed E-state index contributed by atoms with van der Waals surface area (Å²) in [4.78, 5) is 10.6. The van der Waals surface area contributed by atoms with E-state index in [1.165, 1.54) is 6.07 Å².